The molecule has 21 heavy (non-hydrogen) atoms. The monoisotopic (exact) mass is 344 g/mol. The van der Waals surface area contributed by atoms with Crippen LogP contribution in [0, 0.1) is 6.92 Å². The summed E-state index contributed by atoms with van der Waals surface area (Å²) in [5.74, 6) is 0. The van der Waals surface area contributed by atoms with Crippen molar-refractivity contribution in [2.24, 2.45) is 0 Å². The normalized spacial score (nSPS) is 14.5. The number of hydrogen-bond donors (Lipinski definition) is 1. The zero-order valence-electron chi connectivity index (χ0n) is 12.4. The van der Waals surface area contributed by atoms with E-state index in [-0.39, 0.29) is 0 Å². The van der Waals surface area contributed by atoms with E-state index in [9.17, 15) is 0 Å². The summed E-state index contributed by atoms with van der Waals surface area (Å²) < 4.78 is 1.15. The van der Waals surface area contributed by atoms with Gasteiger partial charge in [-0.3, -0.25) is 0 Å². The molecule has 1 aliphatic rings. The van der Waals surface area contributed by atoms with Crippen LogP contribution in [0.1, 0.15) is 24.0 Å². The van der Waals surface area contributed by atoms with Crippen LogP contribution in [-0.4, -0.2) is 13.1 Å². The number of halogens is 1. The van der Waals surface area contributed by atoms with Crippen molar-refractivity contribution in [3.63, 3.8) is 0 Å². The molecule has 0 aromatic heterocycles. The first kappa shape index (κ1) is 14.5. The molecular weight excluding hydrogens is 324 g/mol. The van der Waals surface area contributed by atoms with Crippen molar-refractivity contribution in [3.05, 3.63) is 58.1 Å². The first-order valence-electron chi connectivity index (χ1n) is 7.56. The van der Waals surface area contributed by atoms with E-state index in [2.05, 4.69) is 75.5 Å². The van der Waals surface area contributed by atoms with Crippen LogP contribution in [0.3, 0.4) is 0 Å². The maximum atomic E-state index is 3.57. The highest BCUT2D eigenvalue weighted by atomic mass is 79.9. The van der Waals surface area contributed by atoms with Crippen molar-refractivity contribution in [1.29, 1.82) is 0 Å². The summed E-state index contributed by atoms with van der Waals surface area (Å²) in [4.78, 5) is 2.47. The van der Waals surface area contributed by atoms with Crippen molar-refractivity contribution in [2.75, 3.05) is 23.3 Å². The van der Waals surface area contributed by atoms with Gasteiger partial charge in [0, 0.05) is 35.5 Å². The molecule has 0 atom stereocenters. The fourth-order valence-corrected chi connectivity index (χ4v) is 3.09. The standard InChI is InChI=1S/C18H21BrN2/c1-14-4-7-16(12-18(14)19)20-13-15-5-8-17(9-6-15)21-10-2-3-11-21/h4-9,12,20H,2-3,10-11,13H2,1H3. The van der Waals surface area contributed by atoms with E-state index in [1.807, 2.05) is 0 Å². The second kappa shape index (κ2) is 6.52. The van der Waals surface area contributed by atoms with Crippen molar-refractivity contribution in [1.82, 2.24) is 0 Å². The van der Waals surface area contributed by atoms with Crippen LogP contribution >= 0.6 is 15.9 Å². The van der Waals surface area contributed by atoms with Gasteiger partial charge < -0.3 is 10.2 Å². The number of aryl methyl sites for hydroxylation is 1. The molecule has 0 unspecified atom stereocenters. The van der Waals surface area contributed by atoms with E-state index in [4.69, 9.17) is 0 Å². The summed E-state index contributed by atoms with van der Waals surface area (Å²) in [5.41, 5.74) is 5.08. The maximum absolute atomic E-state index is 3.57. The Morgan fingerprint density at radius 1 is 1.05 bits per heavy atom. The second-order valence-corrected chi connectivity index (χ2v) is 6.53. The fraction of sp³-hybridized carbons (Fsp3) is 0.333. The molecule has 0 radical (unpaired) electrons. The lowest BCUT2D eigenvalue weighted by molar-refractivity contribution is 0.949. The summed E-state index contributed by atoms with van der Waals surface area (Å²) in [6.45, 7) is 5.37. The van der Waals surface area contributed by atoms with Gasteiger partial charge in [-0.05, 0) is 55.2 Å². The molecular formula is C18H21BrN2. The minimum absolute atomic E-state index is 0.857. The van der Waals surface area contributed by atoms with Crippen molar-refractivity contribution in [3.8, 4) is 0 Å². The Morgan fingerprint density at radius 2 is 1.76 bits per heavy atom. The summed E-state index contributed by atoms with van der Waals surface area (Å²) >= 11 is 3.57. The Kier molecular flexibility index (Phi) is 4.49. The molecule has 1 heterocycles. The predicted molar refractivity (Wildman–Crippen MR) is 94.1 cm³/mol. The van der Waals surface area contributed by atoms with Gasteiger partial charge in [0.1, 0.15) is 0 Å². The number of anilines is 2. The van der Waals surface area contributed by atoms with Crippen molar-refractivity contribution in [2.45, 2.75) is 26.3 Å². The molecule has 0 aliphatic carbocycles. The lowest BCUT2D eigenvalue weighted by Crippen LogP contribution is -2.17. The molecule has 1 N–H and O–H groups in total. The van der Waals surface area contributed by atoms with Crippen LogP contribution in [0.25, 0.3) is 0 Å². The van der Waals surface area contributed by atoms with E-state index in [1.165, 1.54) is 42.7 Å². The number of nitrogens with one attached hydrogen (secondary N) is 1. The Hall–Kier alpha value is -1.48. The largest absolute Gasteiger partial charge is 0.381 e. The minimum atomic E-state index is 0.857. The summed E-state index contributed by atoms with van der Waals surface area (Å²) in [6, 6.07) is 15.3. The third-order valence-corrected chi connectivity index (χ3v) is 4.93. The van der Waals surface area contributed by atoms with E-state index >= 15 is 0 Å². The second-order valence-electron chi connectivity index (χ2n) is 5.68. The molecule has 1 saturated heterocycles. The molecule has 3 heteroatoms. The van der Waals surface area contributed by atoms with Crippen LogP contribution in [0.4, 0.5) is 11.4 Å². The highest BCUT2D eigenvalue weighted by molar-refractivity contribution is 9.10. The Labute approximate surface area is 135 Å². The molecule has 1 fully saturated rings. The molecule has 0 bridgehead atoms. The Morgan fingerprint density at radius 3 is 2.43 bits per heavy atom. The van der Waals surface area contributed by atoms with Crippen LogP contribution in [0.2, 0.25) is 0 Å². The zero-order chi connectivity index (χ0) is 14.7. The average Bonchev–Trinajstić information content (AvgIpc) is 3.03. The first-order chi connectivity index (χ1) is 10.2. The molecule has 1 aliphatic heterocycles. The third-order valence-electron chi connectivity index (χ3n) is 4.08. The van der Waals surface area contributed by atoms with Gasteiger partial charge in [-0.25, -0.2) is 0 Å². The van der Waals surface area contributed by atoms with E-state index < -0.39 is 0 Å². The van der Waals surface area contributed by atoms with Gasteiger partial charge in [-0.15, -0.1) is 0 Å². The number of benzene rings is 2. The first-order valence-corrected chi connectivity index (χ1v) is 8.35. The van der Waals surface area contributed by atoms with Crippen molar-refractivity contribution < 1.29 is 0 Å². The lowest BCUT2D eigenvalue weighted by Gasteiger charge is -2.18. The smallest absolute Gasteiger partial charge is 0.0400 e. The molecule has 2 aromatic rings. The summed E-state index contributed by atoms with van der Waals surface area (Å²) in [6.07, 6.45) is 2.65. The number of nitrogens with zero attached hydrogens (tertiary/aromatic N) is 1. The molecule has 3 rings (SSSR count). The van der Waals surface area contributed by atoms with Gasteiger partial charge in [0.15, 0.2) is 0 Å². The topological polar surface area (TPSA) is 15.3 Å². The minimum Gasteiger partial charge on any atom is -0.381 e. The Balaban J connectivity index is 1.61. The summed E-state index contributed by atoms with van der Waals surface area (Å²) in [7, 11) is 0. The predicted octanol–water partition coefficient (Wildman–Crippen LogP) is 4.97. The van der Waals surface area contributed by atoms with Gasteiger partial charge in [-0.2, -0.15) is 0 Å². The molecule has 2 aromatic carbocycles. The average molecular weight is 345 g/mol. The highest BCUT2D eigenvalue weighted by Crippen LogP contribution is 2.22. The zero-order valence-corrected chi connectivity index (χ0v) is 14.0. The van der Waals surface area contributed by atoms with Gasteiger partial charge >= 0.3 is 0 Å². The van der Waals surface area contributed by atoms with Crippen molar-refractivity contribution >= 4 is 27.3 Å². The van der Waals surface area contributed by atoms with E-state index in [1.54, 1.807) is 0 Å². The highest BCUT2D eigenvalue weighted by Gasteiger charge is 2.11. The number of rotatable bonds is 4. The summed E-state index contributed by atoms with van der Waals surface area (Å²) in [5, 5.41) is 3.47. The Bertz CT molecular complexity index is 601. The fourth-order valence-electron chi connectivity index (χ4n) is 2.71. The van der Waals surface area contributed by atoms with Crippen LogP contribution in [0.5, 0.6) is 0 Å². The molecule has 0 spiro atoms. The number of hydrogen-bond acceptors (Lipinski definition) is 2. The van der Waals surface area contributed by atoms with E-state index in [0.29, 0.717) is 0 Å². The quantitative estimate of drug-likeness (QED) is 0.842. The molecule has 2 nitrogen and oxygen atoms in total. The van der Waals surface area contributed by atoms with Gasteiger partial charge in [0.2, 0.25) is 0 Å². The van der Waals surface area contributed by atoms with Crippen LogP contribution in [-0.2, 0) is 6.54 Å². The van der Waals surface area contributed by atoms with Gasteiger partial charge in [0.25, 0.3) is 0 Å². The van der Waals surface area contributed by atoms with Crippen LogP contribution < -0.4 is 10.2 Å². The van der Waals surface area contributed by atoms with Gasteiger partial charge in [0.05, 0.1) is 0 Å². The van der Waals surface area contributed by atoms with E-state index in [0.717, 1.165) is 16.7 Å². The maximum Gasteiger partial charge on any atom is 0.0400 e. The van der Waals surface area contributed by atoms with Gasteiger partial charge in [-0.1, -0.05) is 34.1 Å². The molecule has 110 valence electrons. The van der Waals surface area contributed by atoms with Crippen LogP contribution in [0.15, 0.2) is 46.9 Å². The molecule has 0 saturated carbocycles. The lowest BCUT2D eigenvalue weighted by atomic mass is 10.2. The SMILES string of the molecule is Cc1ccc(NCc2ccc(N3CCCC3)cc2)cc1Br. The third kappa shape index (κ3) is 3.59. The molecule has 0 amide bonds.